The van der Waals surface area contributed by atoms with Crippen LogP contribution in [0, 0.1) is 0 Å². The van der Waals surface area contributed by atoms with E-state index < -0.39 is 29.3 Å². The lowest BCUT2D eigenvalue weighted by molar-refractivity contribution is -0.151. The maximum Gasteiger partial charge on any atom is 0.374 e. The predicted octanol–water partition coefficient (Wildman–Crippen LogP) is -2.13. The predicted molar refractivity (Wildman–Crippen MR) is 65.9 cm³/mol. The monoisotopic (exact) mass is 279 g/mol. The average Bonchev–Trinajstić information content (AvgIpc) is 2.39. The van der Waals surface area contributed by atoms with Crippen molar-refractivity contribution >= 4 is 28.9 Å². The first-order chi connectivity index (χ1) is 9.42. The molecule has 0 atom stereocenters. The van der Waals surface area contributed by atoms with E-state index in [1.165, 1.54) is 0 Å². The van der Waals surface area contributed by atoms with Crippen molar-refractivity contribution in [1.82, 2.24) is 19.9 Å². The lowest BCUT2D eigenvalue weighted by atomic mass is 10.2. The Balaban J connectivity index is 2.53. The summed E-state index contributed by atoms with van der Waals surface area (Å²) in [7, 11) is 1.04. The van der Waals surface area contributed by atoms with Gasteiger partial charge in [0.1, 0.15) is 5.69 Å². The first-order valence-corrected chi connectivity index (χ1v) is 5.32. The van der Waals surface area contributed by atoms with Crippen molar-refractivity contribution < 1.29 is 14.3 Å². The molecule has 20 heavy (non-hydrogen) atoms. The molecule has 0 fully saturated rings. The minimum absolute atomic E-state index is 0.126. The van der Waals surface area contributed by atoms with Gasteiger partial charge in [-0.3, -0.25) is 19.4 Å². The summed E-state index contributed by atoms with van der Waals surface area (Å²) in [5.74, 6) is -2.22. The van der Waals surface area contributed by atoms with Crippen molar-refractivity contribution in [1.29, 1.82) is 0 Å². The first kappa shape index (κ1) is 13.4. The molecule has 2 heterocycles. The third-order valence-corrected chi connectivity index (χ3v) is 2.40. The Labute approximate surface area is 110 Å². The van der Waals surface area contributed by atoms with E-state index in [1.54, 1.807) is 0 Å². The maximum atomic E-state index is 11.7. The number of hydrogen-bond donors (Lipinski definition) is 3. The van der Waals surface area contributed by atoms with E-state index in [0.717, 1.165) is 7.11 Å². The third kappa shape index (κ3) is 2.39. The third-order valence-electron chi connectivity index (χ3n) is 2.40. The van der Waals surface area contributed by atoms with Crippen LogP contribution in [0.4, 0.5) is 5.95 Å². The fourth-order valence-electron chi connectivity index (χ4n) is 1.49. The molecular weight excluding hydrogens is 270 g/mol. The second kappa shape index (κ2) is 4.91. The molecule has 0 saturated heterocycles. The molecule has 0 unspecified atom stereocenters. The summed E-state index contributed by atoms with van der Waals surface area (Å²) in [5, 5.41) is 0. The van der Waals surface area contributed by atoms with Crippen molar-refractivity contribution in [2.45, 2.75) is 6.42 Å². The number of nitrogens with one attached hydrogen (secondary N) is 2. The number of nitrogens with two attached hydrogens (primary N) is 1. The van der Waals surface area contributed by atoms with Crippen molar-refractivity contribution in [3.63, 3.8) is 0 Å². The number of Topliss-reactive ketones (excluding diaryl/α,β-unsaturated/α-hetero) is 1. The number of ether oxygens (including phenoxy) is 1. The van der Waals surface area contributed by atoms with Gasteiger partial charge >= 0.3 is 5.97 Å². The van der Waals surface area contributed by atoms with Crippen LogP contribution in [0.1, 0.15) is 5.69 Å². The molecule has 10 heteroatoms. The lowest BCUT2D eigenvalue weighted by Crippen LogP contribution is -2.26. The minimum Gasteiger partial charge on any atom is -0.463 e. The molecule has 0 aliphatic rings. The standard InChI is InChI=1S/C10H9N5O5/c1-20-9(19)4(16)2-3-7(17)13-5-6(12-3)14-10(11)15-8(5)18/h2H2,1H3,(H,13,17)(H3,11,12,14,15,18). The first-order valence-electron chi connectivity index (χ1n) is 5.32. The van der Waals surface area contributed by atoms with Crippen LogP contribution in [0.3, 0.4) is 0 Å². The number of nitrogen functional groups attached to an aromatic ring is 1. The van der Waals surface area contributed by atoms with E-state index in [0.29, 0.717) is 0 Å². The van der Waals surface area contributed by atoms with E-state index in [2.05, 4.69) is 24.7 Å². The zero-order chi connectivity index (χ0) is 14.9. The molecule has 2 aromatic rings. The molecule has 4 N–H and O–H groups in total. The number of esters is 1. The number of rotatable bonds is 3. The zero-order valence-electron chi connectivity index (χ0n) is 10.2. The summed E-state index contributed by atoms with van der Waals surface area (Å²) in [5.41, 5.74) is 3.36. The van der Waals surface area contributed by atoms with Crippen LogP contribution in [0.15, 0.2) is 9.59 Å². The molecule has 0 aliphatic heterocycles. The number of aromatic amines is 2. The number of methoxy groups -OCH3 is 1. The largest absolute Gasteiger partial charge is 0.463 e. The average molecular weight is 279 g/mol. The van der Waals surface area contributed by atoms with Crippen LogP contribution in [0.5, 0.6) is 0 Å². The summed E-state index contributed by atoms with van der Waals surface area (Å²) in [6.07, 6.45) is -0.563. The Morgan fingerprint density at radius 2 is 1.90 bits per heavy atom. The van der Waals surface area contributed by atoms with Crippen molar-refractivity contribution in [3.8, 4) is 0 Å². The summed E-state index contributed by atoms with van der Waals surface area (Å²) < 4.78 is 4.23. The second-order valence-corrected chi connectivity index (χ2v) is 3.75. The summed E-state index contributed by atoms with van der Waals surface area (Å²) in [4.78, 5) is 57.5. The topological polar surface area (TPSA) is 161 Å². The highest BCUT2D eigenvalue weighted by molar-refractivity contribution is 6.34. The highest BCUT2D eigenvalue weighted by atomic mass is 16.5. The number of aromatic nitrogens is 4. The summed E-state index contributed by atoms with van der Waals surface area (Å²) >= 11 is 0. The SMILES string of the molecule is COC(=O)C(=O)Cc1nc2nc(N)[nH]c(=O)c2[nH]c1=O. The zero-order valence-corrected chi connectivity index (χ0v) is 10.2. The summed E-state index contributed by atoms with van der Waals surface area (Å²) in [6, 6.07) is 0. The van der Waals surface area contributed by atoms with E-state index in [-0.39, 0.29) is 22.8 Å². The molecule has 0 spiro atoms. The highest BCUT2D eigenvalue weighted by Gasteiger charge is 2.18. The van der Waals surface area contributed by atoms with Crippen molar-refractivity contribution in [2.75, 3.05) is 12.8 Å². The maximum absolute atomic E-state index is 11.7. The fraction of sp³-hybridized carbons (Fsp3) is 0.200. The molecule has 2 rings (SSSR count). The van der Waals surface area contributed by atoms with E-state index >= 15 is 0 Å². The Bertz CT molecular complexity index is 821. The molecule has 0 amide bonds. The van der Waals surface area contributed by atoms with E-state index in [9.17, 15) is 19.2 Å². The van der Waals surface area contributed by atoms with Gasteiger partial charge in [0.25, 0.3) is 11.1 Å². The van der Waals surface area contributed by atoms with E-state index in [4.69, 9.17) is 5.73 Å². The molecule has 0 aliphatic carbocycles. The van der Waals surface area contributed by atoms with Crippen LogP contribution in [-0.4, -0.2) is 38.8 Å². The van der Waals surface area contributed by atoms with Crippen LogP contribution < -0.4 is 16.9 Å². The van der Waals surface area contributed by atoms with Crippen LogP contribution >= 0.6 is 0 Å². The van der Waals surface area contributed by atoms with Gasteiger partial charge < -0.3 is 15.5 Å². The van der Waals surface area contributed by atoms with E-state index in [1.807, 2.05) is 0 Å². The van der Waals surface area contributed by atoms with Gasteiger partial charge in [0.15, 0.2) is 11.2 Å². The Morgan fingerprint density at radius 1 is 1.20 bits per heavy atom. The number of nitrogens with zero attached hydrogens (tertiary/aromatic N) is 2. The van der Waals surface area contributed by atoms with Gasteiger partial charge in [-0.05, 0) is 0 Å². The van der Waals surface area contributed by atoms with Gasteiger partial charge in [0, 0.05) is 0 Å². The van der Waals surface area contributed by atoms with Crippen LogP contribution in [0.25, 0.3) is 11.2 Å². The summed E-state index contributed by atoms with van der Waals surface area (Å²) in [6.45, 7) is 0. The minimum atomic E-state index is -1.09. The Hall–Kier alpha value is -3.04. The van der Waals surface area contributed by atoms with Gasteiger partial charge in [0.2, 0.25) is 11.7 Å². The quantitative estimate of drug-likeness (QED) is 0.424. The van der Waals surface area contributed by atoms with Crippen LogP contribution in [-0.2, 0) is 20.7 Å². The molecular formula is C10H9N5O5. The molecule has 0 bridgehead atoms. The second-order valence-electron chi connectivity index (χ2n) is 3.75. The van der Waals surface area contributed by atoms with Gasteiger partial charge in [-0.25, -0.2) is 9.78 Å². The molecule has 0 aromatic carbocycles. The fourth-order valence-corrected chi connectivity index (χ4v) is 1.49. The van der Waals surface area contributed by atoms with Crippen molar-refractivity contribution in [2.24, 2.45) is 0 Å². The number of ketones is 1. The number of carbonyl (C=O) groups excluding carboxylic acids is 2. The molecule has 0 radical (unpaired) electrons. The molecule has 0 saturated carbocycles. The van der Waals surface area contributed by atoms with Gasteiger partial charge in [-0.2, -0.15) is 4.98 Å². The number of hydrogen-bond acceptors (Lipinski definition) is 8. The number of fused-ring (bicyclic) bond motifs is 1. The van der Waals surface area contributed by atoms with Crippen LogP contribution in [0.2, 0.25) is 0 Å². The molecule has 2 aromatic heterocycles. The smallest absolute Gasteiger partial charge is 0.374 e. The number of H-pyrrole nitrogens is 2. The van der Waals surface area contributed by atoms with Gasteiger partial charge in [-0.15, -0.1) is 0 Å². The Kier molecular flexibility index (Phi) is 3.29. The Morgan fingerprint density at radius 3 is 2.55 bits per heavy atom. The van der Waals surface area contributed by atoms with Crippen molar-refractivity contribution in [3.05, 3.63) is 26.4 Å². The number of anilines is 1. The molecule has 10 nitrogen and oxygen atoms in total. The number of carbonyl (C=O) groups is 2. The van der Waals surface area contributed by atoms with Gasteiger partial charge in [-0.1, -0.05) is 0 Å². The molecule has 104 valence electrons. The normalized spacial score (nSPS) is 10.4. The van der Waals surface area contributed by atoms with Gasteiger partial charge in [0.05, 0.1) is 13.5 Å². The highest BCUT2D eigenvalue weighted by Crippen LogP contribution is 2.01. The lowest BCUT2D eigenvalue weighted by Gasteiger charge is -2.01.